The van der Waals surface area contributed by atoms with Gasteiger partial charge in [-0.3, -0.25) is 20.6 Å². The Balaban J connectivity index is 1.40. The van der Waals surface area contributed by atoms with Crippen molar-refractivity contribution < 1.29 is 13.2 Å². The fourth-order valence-corrected chi connectivity index (χ4v) is 5.90. The van der Waals surface area contributed by atoms with Crippen LogP contribution in [0.5, 0.6) is 0 Å². The maximum Gasteiger partial charge on any atom is 0.243 e. The number of hydrogen-bond acceptors (Lipinski definition) is 6. The molecule has 1 aromatic heterocycles. The molecule has 1 aromatic carbocycles. The van der Waals surface area contributed by atoms with Gasteiger partial charge >= 0.3 is 0 Å². The maximum absolute atomic E-state index is 13.0. The number of nitrogens with zero attached hydrogens (tertiary/aromatic N) is 2. The van der Waals surface area contributed by atoms with E-state index in [1.807, 2.05) is 12.4 Å². The van der Waals surface area contributed by atoms with Crippen molar-refractivity contribution in [3.63, 3.8) is 0 Å². The zero-order chi connectivity index (χ0) is 21.1. The molecule has 2 unspecified atom stereocenters. The van der Waals surface area contributed by atoms with Crippen LogP contribution in [-0.2, 0) is 14.8 Å². The highest BCUT2D eigenvalue weighted by atomic mass is 32.2. The Morgan fingerprint density at radius 2 is 1.77 bits per heavy atom. The van der Waals surface area contributed by atoms with Crippen molar-refractivity contribution in [3.05, 3.63) is 54.4 Å². The Morgan fingerprint density at radius 1 is 1.10 bits per heavy atom. The van der Waals surface area contributed by atoms with E-state index in [2.05, 4.69) is 33.3 Å². The molecule has 8 nitrogen and oxygen atoms in total. The quantitative estimate of drug-likeness (QED) is 0.669. The number of pyridine rings is 1. The first kappa shape index (κ1) is 20.9. The van der Waals surface area contributed by atoms with Crippen molar-refractivity contribution in [2.75, 3.05) is 25.0 Å². The highest BCUT2D eigenvalue weighted by Crippen LogP contribution is 2.33. The predicted octanol–water partition coefficient (Wildman–Crippen LogP) is 1.70. The molecule has 2 saturated heterocycles. The number of benzene rings is 1. The molecule has 160 valence electrons. The molecule has 4 rings (SSSR count). The van der Waals surface area contributed by atoms with Crippen molar-refractivity contribution in [1.29, 1.82) is 0 Å². The average molecular weight is 430 g/mol. The van der Waals surface area contributed by atoms with Gasteiger partial charge in [0.25, 0.3) is 0 Å². The maximum atomic E-state index is 13.0. The minimum atomic E-state index is -3.54. The number of carbonyl (C=O) groups is 1. The Labute approximate surface area is 177 Å². The summed E-state index contributed by atoms with van der Waals surface area (Å²) < 4.78 is 27.6. The largest absolute Gasteiger partial charge is 0.326 e. The summed E-state index contributed by atoms with van der Waals surface area (Å²) in [6, 6.07) is 10.7. The standard InChI is InChI=1S/C21H27N5O3S/c1-15(27)24-18-2-4-19(5-3-18)30(28,29)26-12-8-17(9-13-26)21-20(14-23-25-21)16-6-10-22-11-7-16/h2-7,10-11,17,20-21,23,25H,8-9,12-14H2,1H3,(H,24,27). The van der Waals surface area contributed by atoms with Crippen LogP contribution in [0.3, 0.4) is 0 Å². The first-order valence-corrected chi connectivity index (χ1v) is 11.7. The smallest absolute Gasteiger partial charge is 0.243 e. The molecule has 2 aromatic rings. The first-order valence-electron chi connectivity index (χ1n) is 10.2. The van der Waals surface area contributed by atoms with E-state index < -0.39 is 10.0 Å². The minimum absolute atomic E-state index is 0.187. The van der Waals surface area contributed by atoms with E-state index in [0.717, 1.165) is 19.4 Å². The predicted molar refractivity (Wildman–Crippen MR) is 114 cm³/mol. The molecule has 2 atom stereocenters. The second kappa shape index (κ2) is 8.81. The minimum Gasteiger partial charge on any atom is -0.326 e. The van der Waals surface area contributed by atoms with Crippen molar-refractivity contribution in [1.82, 2.24) is 20.1 Å². The lowest BCUT2D eigenvalue weighted by molar-refractivity contribution is -0.114. The molecule has 0 bridgehead atoms. The van der Waals surface area contributed by atoms with Crippen molar-refractivity contribution in [2.24, 2.45) is 5.92 Å². The fourth-order valence-electron chi connectivity index (χ4n) is 4.43. The van der Waals surface area contributed by atoms with Crippen molar-refractivity contribution >= 4 is 21.6 Å². The van der Waals surface area contributed by atoms with Crippen LogP contribution in [0.4, 0.5) is 5.69 Å². The number of hydrogen-bond donors (Lipinski definition) is 3. The van der Waals surface area contributed by atoms with Crippen LogP contribution in [0.1, 0.15) is 31.2 Å². The molecule has 0 radical (unpaired) electrons. The topological polar surface area (TPSA) is 103 Å². The lowest BCUT2D eigenvalue weighted by Gasteiger charge is -2.36. The van der Waals surface area contributed by atoms with Gasteiger partial charge in [0, 0.05) is 56.6 Å². The SMILES string of the molecule is CC(=O)Nc1ccc(S(=O)(=O)N2CCC(C3NNCC3c3ccncc3)CC2)cc1. The summed E-state index contributed by atoms with van der Waals surface area (Å²) in [4.78, 5) is 15.5. The number of rotatable bonds is 5. The summed E-state index contributed by atoms with van der Waals surface area (Å²) >= 11 is 0. The van der Waals surface area contributed by atoms with Gasteiger partial charge in [0.15, 0.2) is 0 Å². The highest BCUT2D eigenvalue weighted by Gasteiger charge is 2.38. The molecule has 30 heavy (non-hydrogen) atoms. The zero-order valence-electron chi connectivity index (χ0n) is 16.9. The van der Waals surface area contributed by atoms with Crippen LogP contribution in [0, 0.1) is 5.92 Å². The van der Waals surface area contributed by atoms with Gasteiger partial charge in [-0.05, 0) is 60.7 Å². The lowest BCUT2D eigenvalue weighted by atomic mass is 9.81. The molecule has 3 heterocycles. The number of aromatic nitrogens is 1. The van der Waals surface area contributed by atoms with Crippen LogP contribution in [0.15, 0.2) is 53.7 Å². The number of amides is 1. The van der Waals surface area contributed by atoms with E-state index in [1.165, 1.54) is 12.5 Å². The molecule has 9 heteroatoms. The van der Waals surface area contributed by atoms with Gasteiger partial charge in [-0.1, -0.05) is 0 Å². The van der Waals surface area contributed by atoms with Crippen LogP contribution in [-0.4, -0.2) is 49.3 Å². The van der Waals surface area contributed by atoms with Crippen LogP contribution in [0.2, 0.25) is 0 Å². The number of carbonyl (C=O) groups excluding carboxylic acids is 1. The molecule has 3 N–H and O–H groups in total. The number of sulfonamides is 1. The van der Waals surface area contributed by atoms with E-state index in [4.69, 9.17) is 0 Å². The van der Waals surface area contributed by atoms with Gasteiger partial charge < -0.3 is 5.32 Å². The second-order valence-corrected chi connectivity index (χ2v) is 9.82. The molecule has 0 spiro atoms. The monoisotopic (exact) mass is 429 g/mol. The normalized spacial score (nSPS) is 23.4. The van der Waals surface area contributed by atoms with Crippen LogP contribution in [0.25, 0.3) is 0 Å². The third-order valence-electron chi connectivity index (χ3n) is 5.98. The lowest BCUT2D eigenvalue weighted by Crippen LogP contribution is -2.45. The molecule has 2 aliphatic rings. The Kier molecular flexibility index (Phi) is 6.14. The van der Waals surface area contributed by atoms with Gasteiger partial charge in [-0.25, -0.2) is 8.42 Å². The molecule has 0 aliphatic carbocycles. The molecule has 2 aliphatic heterocycles. The second-order valence-electron chi connectivity index (χ2n) is 7.89. The Morgan fingerprint density at radius 3 is 2.40 bits per heavy atom. The van der Waals surface area contributed by atoms with E-state index in [1.54, 1.807) is 28.6 Å². The number of hydrazine groups is 1. The van der Waals surface area contributed by atoms with Crippen LogP contribution < -0.4 is 16.2 Å². The van der Waals surface area contributed by atoms with Gasteiger partial charge in [0.1, 0.15) is 0 Å². The van der Waals surface area contributed by atoms with Gasteiger partial charge in [-0.15, -0.1) is 0 Å². The van der Waals surface area contributed by atoms with Gasteiger partial charge in [0.2, 0.25) is 15.9 Å². The number of nitrogens with one attached hydrogen (secondary N) is 3. The fraction of sp³-hybridized carbons (Fsp3) is 0.429. The zero-order valence-corrected chi connectivity index (χ0v) is 17.7. The van der Waals surface area contributed by atoms with Crippen molar-refractivity contribution in [2.45, 2.75) is 36.6 Å². The summed E-state index contributed by atoms with van der Waals surface area (Å²) in [5, 5.41) is 2.65. The molecular formula is C21H27N5O3S. The summed E-state index contributed by atoms with van der Waals surface area (Å²) in [5.74, 6) is 0.557. The third kappa shape index (κ3) is 4.39. The summed E-state index contributed by atoms with van der Waals surface area (Å²) in [5.41, 5.74) is 8.52. The summed E-state index contributed by atoms with van der Waals surface area (Å²) in [6.07, 6.45) is 5.25. The molecule has 2 fully saturated rings. The first-order chi connectivity index (χ1) is 14.4. The Bertz CT molecular complexity index is 973. The average Bonchev–Trinajstić information content (AvgIpc) is 3.24. The molecule has 1 amide bonds. The summed E-state index contributed by atoms with van der Waals surface area (Å²) in [7, 11) is -3.54. The van der Waals surface area contributed by atoms with E-state index in [-0.39, 0.29) is 16.8 Å². The van der Waals surface area contributed by atoms with Gasteiger partial charge in [-0.2, -0.15) is 4.31 Å². The third-order valence-corrected chi connectivity index (χ3v) is 7.89. The highest BCUT2D eigenvalue weighted by molar-refractivity contribution is 7.89. The molecular weight excluding hydrogens is 402 g/mol. The van der Waals surface area contributed by atoms with Gasteiger partial charge in [0.05, 0.1) is 4.90 Å². The van der Waals surface area contributed by atoms with Crippen LogP contribution >= 0.6 is 0 Å². The number of piperidine rings is 1. The molecule has 0 saturated carbocycles. The van der Waals surface area contributed by atoms with E-state index in [9.17, 15) is 13.2 Å². The summed E-state index contributed by atoms with van der Waals surface area (Å²) in [6.45, 7) is 3.28. The Hall–Kier alpha value is -2.33. The van der Waals surface area contributed by atoms with E-state index >= 15 is 0 Å². The number of anilines is 1. The van der Waals surface area contributed by atoms with E-state index in [0.29, 0.717) is 30.6 Å². The van der Waals surface area contributed by atoms with Crippen molar-refractivity contribution in [3.8, 4) is 0 Å².